The SMILES string of the molecule is CC[C@@H](C)NC(=O)[C@@H](Cc1ccccc1)N(Cc1ccccc1Cl)C(=O)CN(c1ccccc1OC)S(=O)(=O)c1ccccc1. The molecule has 4 aromatic rings. The molecule has 0 radical (unpaired) electrons. The van der Waals surface area contributed by atoms with E-state index in [4.69, 9.17) is 16.3 Å². The van der Waals surface area contributed by atoms with E-state index >= 15 is 0 Å². The van der Waals surface area contributed by atoms with Gasteiger partial charge in [0.25, 0.3) is 10.0 Å². The van der Waals surface area contributed by atoms with E-state index in [1.807, 2.05) is 44.2 Å². The van der Waals surface area contributed by atoms with Crippen molar-refractivity contribution in [1.29, 1.82) is 0 Å². The van der Waals surface area contributed by atoms with Gasteiger partial charge >= 0.3 is 0 Å². The minimum absolute atomic E-state index is 0.0108. The molecule has 45 heavy (non-hydrogen) atoms. The monoisotopic (exact) mass is 647 g/mol. The summed E-state index contributed by atoms with van der Waals surface area (Å²) < 4.78 is 34.9. The molecule has 2 amide bonds. The van der Waals surface area contributed by atoms with Gasteiger partial charge in [-0.15, -0.1) is 0 Å². The number of benzene rings is 4. The van der Waals surface area contributed by atoms with Gasteiger partial charge in [-0.1, -0.05) is 97.4 Å². The van der Waals surface area contributed by atoms with Gasteiger partial charge < -0.3 is 15.0 Å². The van der Waals surface area contributed by atoms with Crippen molar-refractivity contribution in [3.8, 4) is 5.75 Å². The molecule has 0 aliphatic carbocycles. The van der Waals surface area contributed by atoms with E-state index in [0.717, 1.165) is 9.87 Å². The molecular weight excluding hydrogens is 610 g/mol. The zero-order valence-electron chi connectivity index (χ0n) is 25.6. The minimum Gasteiger partial charge on any atom is -0.495 e. The zero-order valence-corrected chi connectivity index (χ0v) is 27.2. The number of hydrogen-bond donors (Lipinski definition) is 1. The molecule has 236 valence electrons. The summed E-state index contributed by atoms with van der Waals surface area (Å²) in [6.45, 7) is 3.25. The van der Waals surface area contributed by atoms with Crippen LogP contribution in [0.4, 0.5) is 5.69 Å². The van der Waals surface area contributed by atoms with Gasteiger partial charge in [-0.05, 0) is 54.8 Å². The van der Waals surface area contributed by atoms with Crippen LogP contribution in [0.25, 0.3) is 0 Å². The summed E-state index contributed by atoms with van der Waals surface area (Å²) in [5.41, 5.74) is 1.66. The predicted molar refractivity (Wildman–Crippen MR) is 178 cm³/mol. The topological polar surface area (TPSA) is 96.0 Å². The van der Waals surface area contributed by atoms with Gasteiger partial charge in [0.2, 0.25) is 11.8 Å². The number of anilines is 1. The quantitative estimate of drug-likeness (QED) is 0.179. The van der Waals surface area contributed by atoms with E-state index in [1.54, 1.807) is 66.7 Å². The second-order valence-corrected chi connectivity index (χ2v) is 12.9. The molecule has 0 spiro atoms. The fourth-order valence-electron chi connectivity index (χ4n) is 4.87. The number of nitrogens with zero attached hydrogens (tertiary/aromatic N) is 2. The van der Waals surface area contributed by atoms with Gasteiger partial charge in [0.05, 0.1) is 17.7 Å². The molecule has 0 fully saturated rings. The Balaban J connectivity index is 1.84. The smallest absolute Gasteiger partial charge is 0.264 e. The van der Waals surface area contributed by atoms with Crippen molar-refractivity contribution in [2.24, 2.45) is 0 Å². The van der Waals surface area contributed by atoms with Crippen molar-refractivity contribution in [2.75, 3.05) is 18.0 Å². The van der Waals surface area contributed by atoms with Gasteiger partial charge in [0.1, 0.15) is 18.3 Å². The van der Waals surface area contributed by atoms with Gasteiger partial charge in [-0.2, -0.15) is 0 Å². The van der Waals surface area contributed by atoms with Gasteiger partial charge in [0, 0.05) is 24.0 Å². The third-order valence-electron chi connectivity index (χ3n) is 7.53. The highest BCUT2D eigenvalue weighted by atomic mass is 35.5. The number of carbonyl (C=O) groups is 2. The number of nitrogens with one attached hydrogen (secondary N) is 1. The normalized spacial score (nSPS) is 12.5. The van der Waals surface area contributed by atoms with Crippen molar-refractivity contribution in [1.82, 2.24) is 10.2 Å². The largest absolute Gasteiger partial charge is 0.495 e. The molecule has 4 rings (SSSR count). The molecule has 0 saturated heterocycles. The highest BCUT2D eigenvalue weighted by Gasteiger charge is 2.36. The number of ether oxygens (including phenoxy) is 1. The van der Waals surface area contributed by atoms with Crippen molar-refractivity contribution in [2.45, 2.75) is 50.2 Å². The van der Waals surface area contributed by atoms with Gasteiger partial charge in [-0.3, -0.25) is 13.9 Å². The molecule has 0 heterocycles. The molecule has 4 aromatic carbocycles. The standard InChI is InChI=1S/C35H38ClN3O5S/c1-4-26(2)37-35(41)32(23-27-15-7-5-8-16-27)38(24-28-17-11-12-20-30(28)36)34(40)25-39(31-21-13-14-22-33(31)44-3)45(42,43)29-18-9-6-10-19-29/h5-22,26,32H,4,23-25H2,1-3H3,(H,37,41)/t26-,32-/m1/s1. The van der Waals surface area contributed by atoms with Crippen LogP contribution >= 0.6 is 11.6 Å². The molecule has 10 heteroatoms. The van der Waals surface area contributed by atoms with Crippen LogP contribution in [0.1, 0.15) is 31.4 Å². The molecule has 2 atom stereocenters. The molecule has 0 bridgehead atoms. The lowest BCUT2D eigenvalue weighted by atomic mass is 10.0. The van der Waals surface area contributed by atoms with Crippen LogP contribution in [0.15, 0.2) is 114 Å². The Labute approximate surface area is 270 Å². The van der Waals surface area contributed by atoms with E-state index in [-0.39, 0.29) is 41.2 Å². The van der Waals surface area contributed by atoms with Crippen molar-refractivity contribution in [3.63, 3.8) is 0 Å². The van der Waals surface area contributed by atoms with Gasteiger partial charge in [-0.25, -0.2) is 8.42 Å². The minimum atomic E-state index is -4.24. The van der Waals surface area contributed by atoms with Crippen LogP contribution in [0.2, 0.25) is 5.02 Å². The summed E-state index contributed by atoms with van der Waals surface area (Å²) in [7, 11) is -2.81. The van der Waals surface area contributed by atoms with E-state index in [1.165, 1.54) is 24.1 Å². The fraction of sp³-hybridized carbons (Fsp3) is 0.257. The fourth-order valence-corrected chi connectivity index (χ4v) is 6.52. The summed E-state index contributed by atoms with van der Waals surface area (Å²) in [5, 5.41) is 3.45. The van der Waals surface area contributed by atoms with Gasteiger partial charge in [0.15, 0.2) is 0 Å². The average molecular weight is 648 g/mol. The average Bonchev–Trinajstić information content (AvgIpc) is 3.06. The molecular formula is C35H38ClN3O5S. The van der Waals surface area contributed by atoms with E-state index < -0.39 is 28.5 Å². The summed E-state index contributed by atoms with van der Waals surface area (Å²) in [6, 6.07) is 29.9. The van der Waals surface area contributed by atoms with Crippen molar-refractivity contribution < 1.29 is 22.7 Å². The number of para-hydroxylation sites is 2. The van der Waals surface area contributed by atoms with Crippen molar-refractivity contribution >= 4 is 39.1 Å². The molecule has 0 aliphatic heterocycles. The Morgan fingerprint density at radius 2 is 1.47 bits per heavy atom. The van der Waals surface area contributed by atoms with Crippen LogP contribution in [0.5, 0.6) is 5.75 Å². The molecule has 0 aromatic heterocycles. The number of amides is 2. The number of sulfonamides is 1. The van der Waals surface area contributed by atoms with E-state index in [9.17, 15) is 18.0 Å². The summed E-state index contributed by atoms with van der Waals surface area (Å²) in [6.07, 6.45) is 0.901. The third kappa shape index (κ3) is 8.44. The molecule has 0 aliphatic rings. The zero-order chi connectivity index (χ0) is 32.4. The number of halogens is 1. The molecule has 1 N–H and O–H groups in total. The third-order valence-corrected chi connectivity index (χ3v) is 9.68. The Kier molecular flexibility index (Phi) is 11.6. The highest BCUT2D eigenvalue weighted by Crippen LogP contribution is 2.33. The van der Waals surface area contributed by atoms with Crippen molar-refractivity contribution in [3.05, 3.63) is 125 Å². The first-order valence-corrected chi connectivity index (χ1v) is 16.6. The lowest BCUT2D eigenvalue weighted by Crippen LogP contribution is -2.54. The maximum absolute atomic E-state index is 14.6. The predicted octanol–water partition coefficient (Wildman–Crippen LogP) is 6.10. The summed E-state index contributed by atoms with van der Waals surface area (Å²) >= 11 is 6.56. The highest BCUT2D eigenvalue weighted by molar-refractivity contribution is 7.92. The Hall–Kier alpha value is -4.34. The maximum atomic E-state index is 14.6. The summed E-state index contributed by atoms with van der Waals surface area (Å²) in [4.78, 5) is 29.9. The van der Waals surface area contributed by atoms with E-state index in [0.29, 0.717) is 17.0 Å². The first kappa shape index (κ1) is 33.6. The first-order valence-electron chi connectivity index (χ1n) is 14.7. The van der Waals surface area contributed by atoms with Crippen LogP contribution in [0, 0.1) is 0 Å². The Morgan fingerprint density at radius 3 is 2.11 bits per heavy atom. The van der Waals surface area contributed by atoms with Crippen LogP contribution in [0.3, 0.4) is 0 Å². The Morgan fingerprint density at radius 1 is 0.867 bits per heavy atom. The number of rotatable bonds is 14. The van der Waals surface area contributed by atoms with Crippen LogP contribution in [-0.4, -0.2) is 50.9 Å². The second-order valence-electron chi connectivity index (χ2n) is 10.6. The number of methoxy groups -OCH3 is 1. The molecule has 0 unspecified atom stereocenters. The Bertz CT molecular complexity index is 1690. The summed E-state index contributed by atoms with van der Waals surface area (Å²) in [5.74, 6) is -0.651. The molecule has 8 nitrogen and oxygen atoms in total. The second kappa shape index (κ2) is 15.6. The van der Waals surface area contributed by atoms with Crippen LogP contribution < -0.4 is 14.4 Å². The van der Waals surface area contributed by atoms with E-state index in [2.05, 4.69) is 5.32 Å². The lowest BCUT2D eigenvalue weighted by Gasteiger charge is -2.34. The first-order chi connectivity index (χ1) is 21.6. The number of hydrogen-bond acceptors (Lipinski definition) is 5. The molecule has 0 saturated carbocycles. The number of carbonyl (C=O) groups excluding carboxylic acids is 2. The maximum Gasteiger partial charge on any atom is 0.264 e. The van der Waals surface area contributed by atoms with Crippen LogP contribution in [-0.2, 0) is 32.6 Å². The lowest BCUT2D eigenvalue weighted by molar-refractivity contribution is -0.140.